The van der Waals surface area contributed by atoms with Crippen LogP contribution in [0.5, 0.6) is 0 Å². The predicted molar refractivity (Wildman–Crippen MR) is 65.2 cm³/mol. The third-order valence-electron chi connectivity index (χ3n) is 4.17. The summed E-state index contributed by atoms with van der Waals surface area (Å²) in [4.78, 5) is 36.2. The second-order valence-electron chi connectivity index (χ2n) is 5.34. The van der Waals surface area contributed by atoms with Crippen LogP contribution in [0, 0.1) is 17.8 Å². The zero-order valence-corrected chi connectivity index (χ0v) is 11.0. The maximum Gasteiger partial charge on any atom is 0.310 e. The van der Waals surface area contributed by atoms with Crippen molar-refractivity contribution in [2.45, 2.75) is 25.7 Å². The van der Waals surface area contributed by atoms with E-state index in [-0.39, 0.29) is 23.7 Å². The van der Waals surface area contributed by atoms with Crippen molar-refractivity contribution in [3.05, 3.63) is 0 Å². The highest BCUT2D eigenvalue weighted by Gasteiger charge is 2.39. The molecular formula is C13H19NO5. The molecule has 1 aliphatic heterocycles. The lowest BCUT2D eigenvalue weighted by atomic mass is 10.0. The fraction of sp³-hybridized carbons (Fsp3) is 0.769. The molecule has 0 bridgehead atoms. The molecule has 1 saturated carbocycles. The van der Waals surface area contributed by atoms with Gasteiger partial charge in [-0.2, -0.15) is 0 Å². The second-order valence-corrected chi connectivity index (χ2v) is 5.34. The third kappa shape index (κ3) is 2.88. The number of nitrogens with zero attached hydrogens (tertiary/aromatic N) is 1. The number of methoxy groups -OCH3 is 1. The largest absolute Gasteiger partial charge is 0.481 e. The summed E-state index contributed by atoms with van der Waals surface area (Å²) in [5.41, 5.74) is 0. The number of hydrogen-bond donors (Lipinski definition) is 1. The van der Waals surface area contributed by atoms with Gasteiger partial charge in [-0.25, -0.2) is 0 Å². The molecule has 2 aliphatic rings. The van der Waals surface area contributed by atoms with Crippen molar-refractivity contribution in [3.8, 4) is 0 Å². The number of carbonyl (C=O) groups is 3. The van der Waals surface area contributed by atoms with Crippen molar-refractivity contribution in [3.63, 3.8) is 0 Å². The van der Waals surface area contributed by atoms with Gasteiger partial charge in [0.2, 0.25) is 5.91 Å². The Labute approximate surface area is 111 Å². The summed E-state index contributed by atoms with van der Waals surface area (Å²) in [5, 5.41) is 8.94. The van der Waals surface area contributed by atoms with Crippen LogP contribution in [-0.2, 0) is 19.1 Å². The highest BCUT2D eigenvalue weighted by Crippen LogP contribution is 2.33. The maximum absolute atomic E-state index is 12.3. The van der Waals surface area contributed by atoms with E-state index in [2.05, 4.69) is 4.74 Å². The molecule has 106 valence electrons. The van der Waals surface area contributed by atoms with E-state index >= 15 is 0 Å². The number of rotatable bonds is 3. The van der Waals surface area contributed by atoms with E-state index < -0.39 is 11.9 Å². The summed E-state index contributed by atoms with van der Waals surface area (Å²) in [5.74, 6) is -1.92. The van der Waals surface area contributed by atoms with Crippen molar-refractivity contribution in [1.29, 1.82) is 0 Å². The lowest BCUT2D eigenvalue weighted by molar-refractivity contribution is -0.145. The minimum Gasteiger partial charge on any atom is -0.481 e. The molecule has 1 unspecified atom stereocenters. The Balaban J connectivity index is 1.88. The van der Waals surface area contributed by atoms with Gasteiger partial charge >= 0.3 is 11.9 Å². The molecule has 1 heterocycles. The van der Waals surface area contributed by atoms with E-state index in [0.29, 0.717) is 38.8 Å². The Hall–Kier alpha value is -1.59. The van der Waals surface area contributed by atoms with Crippen LogP contribution in [0.1, 0.15) is 25.7 Å². The molecule has 2 fully saturated rings. The maximum atomic E-state index is 12.3. The van der Waals surface area contributed by atoms with Crippen molar-refractivity contribution >= 4 is 17.8 Å². The van der Waals surface area contributed by atoms with Crippen molar-refractivity contribution in [2.24, 2.45) is 17.8 Å². The number of aliphatic carboxylic acids is 1. The normalized spacial score (nSPS) is 30.4. The number of carboxylic acids is 1. The average Bonchev–Trinajstić information content (AvgIpc) is 3.05. The molecule has 2 rings (SSSR count). The number of carbonyl (C=O) groups excluding carboxylic acids is 2. The first-order valence-corrected chi connectivity index (χ1v) is 6.62. The molecule has 6 nitrogen and oxygen atoms in total. The summed E-state index contributed by atoms with van der Waals surface area (Å²) < 4.78 is 4.68. The monoisotopic (exact) mass is 269 g/mol. The number of amides is 1. The molecule has 0 aromatic rings. The Morgan fingerprint density at radius 1 is 1.11 bits per heavy atom. The smallest absolute Gasteiger partial charge is 0.310 e. The van der Waals surface area contributed by atoms with Gasteiger partial charge in [-0.05, 0) is 25.7 Å². The minimum atomic E-state index is -0.816. The van der Waals surface area contributed by atoms with Crippen LogP contribution in [0.3, 0.4) is 0 Å². The highest BCUT2D eigenvalue weighted by molar-refractivity contribution is 5.82. The van der Waals surface area contributed by atoms with Crippen LogP contribution in [-0.4, -0.2) is 48.1 Å². The van der Waals surface area contributed by atoms with E-state index in [1.807, 2.05) is 0 Å². The van der Waals surface area contributed by atoms with Crippen LogP contribution >= 0.6 is 0 Å². The standard InChI is InChI=1S/C13H19NO5/c1-19-13(18)10-4-5-14(7-10)11(15)8-2-3-9(6-8)12(16)17/h8-10H,2-7H2,1H3,(H,16,17)/t8-,9+,10?/m1/s1. The number of likely N-dealkylation sites (tertiary alicyclic amines) is 1. The van der Waals surface area contributed by atoms with E-state index in [1.54, 1.807) is 4.90 Å². The summed E-state index contributed by atoms with van der Waals surface area (Å²) >= 11 is 0. The van der Waals surface area contributed by atoms with E-state index in [1.165, 1.54) is 7.11 Å². The van der Waals surface area contributed by atoms with Crippen LogP contribution < -0.4 is 0 Å². The Kier molecular flexibility index (Phi) is 4.07. The van der Waals surface area contributed by atoms with Crippen molar-refractivity contribution in [1.82, 2.24) is 4.90 Å². The van der Waals surface area contributed by atoms with Gasteiger partial charge in [-0.15, -0.1) is 0 Å². The van der Waals surface area contributed by atoms with Gasteiger partial charge in [0.1, 0.15) is 0 Å². The number of hydrogen-bond acceptors (Lipinski definition) is 4. The van der Waals surface area contributed by atoms with Crippen LogP contribution in [0.15, 0.2) is 0 Å². The van der Waals surface area contributed by atoms with Crippen LogP contribution in [0.25, 0.3) is 0 Å². The molecule has 1 N–H and O–H groups in total. The van der Waals surface area contributed by atoms with Gasteiger partial charge in [-0.1, -0.05) is 0 Å². The summed E-state index contributed by atoms with van der Waals surface area (Å²) in [6.45, 7) is 0.965. The Morgan fingerprint density at radius 2 is 1.79 bits per heavy atom. The lowest BCUT2D eigenvalue weighted by Gasteiger charge is -2.20. The molecule has 1 aliphatic carbocycles. The molecule has 1 amide bonds. The Bertz CT molecular complexity index is 394. The van der Waals surface area contributed by atoms with Gasteiger partial charge in [0, 0.05) is 19.0 Å². The molecular weight excluding hydrogens is 250 g/mol. The fourth-order valence-corrected chi connectivity index (χ4v) is 3.01. The molecule has 19 heavy (non-hydrogen) atoms. The molecule has 0 aromatic carbocycles. The first kappa shape index (κ1) is 13.8. The lowest BCUT2D eigenvalue weighted by Crippen LogP contribution is -2.34. The summed E-state index contributed by atoms with van der Waals surface area (Å²) in [6, 6.07) is 0. The van der Waals surface area contributed by atoms with Crippen molar-refractivity contribution in [2.75, 3.05) is 20.2 Å². The van der Waals surface area contributed by atoms with Crippen molar-refractivity contribution < 1.29 is 24.2 Å². The average molecular weight is 269 g/mol. The van der Waals surface area contributed by atoms with Crippen LogP contribution in [0.4, 0.5) is 0 Å². The summed E-state index contributed by atoms with van der Waals surface area (Å²) in [6.07, 6.45) is 2.26. The first-order chi connectivity index (χ1) is 9.02. The number of esters is 1. The zero-order chi connectivity index (χ0) is 14.0. The molecule has 0 aromatic heterocycles. The summed E-state index contributed by atoms with van der Waals surface area (Å²) in [7, 11) is 1.35. The number of carboxylic acid groups (broad SMARTS) is 1. The quantitative estimate of drug-likeness (QED) is 0.755. The number of ether oxygens (including phenoxy) is 1. The van der Waals surface area contributed by atoms with Gasteiger partial charge in [0.05, 0.1) is 18.9 Å². The topological polar surface area (TPSA) is 83.9 Å². The second kappa shape index (κ2) is 5.59. The highest BCUT2D eigenvalue weighted by atomic mass is 16.5. The first-order valence-electron chi connectivity index (χ1n) is 6.62. The van der Waals surface area contributed by atoms with E-state index in [9.17, 15) is 14.4 Å². The molecule has 3 atom stereocenters. The van der Waals surface area contributed by atoms with Gasteiger partial charge in [-0.3, -0.25) is 14.4 Å². The Morgan fingerprint density at radius 3 is 2.37 bits per heavy atom. The zero-order valence-electron chi connectivity index (χ0n) is 11.0. The predicted octanol–water partition coefficient (Wildman–Crippen LogP) is 0.509. The molecule has 1 saturated heterocycles. The van der Waals surface area contributed by atoms with E-state index in [0.717, 1.165) is 0 Å². The minimum absolute atomic E-state index is 0.00449. The molecule has 0 radical (unpaired) electrons. The van der Waals surface area contributed by atoms with Gasteiger partial charge < -0.3 is 14.7 Å². The SMILES string of the molecule is COC(=O)C1CCN(C(=O)[C@@H]2CC[C@H](C(=O)O)C2)C1. The third-order valence-corrected chi connectivity index (χ3v) is 4.17. The van der Waals surface area contributed by atoms with Gasteiger partial charge in [0.15, 0.2) is 0 Å². The van der Waals surface area contributed by atoms with Crippen LogP contribution in [0.2, 0.25) is 0 Å². The molecule has 0 spiro atoms. The molecule has 6 heteroatoms. The van der Waals surface area contributed by atoms with Gasteiger partial charge in [0.25, 0.3) is 0 Å². The van der Waals surface area contributed by atoms with E-state index in [4.69, 9.17) is 5.11 Å². The fourth-order valence-electron chi connectivity index (χ4n) is 3.01.